The van der Waals surface area contributed by atoms with Gasteiger partial charge in [0.05, 0.1) is 29.9 Å². The first-order chi connectivity index (χ1) is 13.6. The van der Waals surface area contributed by atoms with Gasteiger partial charge in [-0.3, -0.25) is 14.6 Å². The maximum Gasteiger partial charge on any atom is 0.216 e. The zero-order valence-corrected chi connectivity index (χ0v) is 16.3. The maximum atomic E-state index is 12.4. The summed E-state index contributed by atoms with van der Waals surface area (Å²) in [5.74, 6) is 0.0222. The number of nitrogens with zero attached hydrogens (tertiary/aromatic N) is 4. The largest absolute Gasteiger partial charge is 0.269 e. The summed E-state index contributed by atoms with van der Waals surface area (Å²) in [5.41, 5.74) is 2.55. The van der Waals surface area contributed by atoms with Crippen molar-refractivity contribution in [3.63, 3.8) is 0 Å². The van der Waals surface area contributed by atoms with Crippen LogP contribution < -0.4 is 4.72 Å². The van der Waals surface area contributed by atoms with Crippen molar-refractivity contribution in [2.75, 3.05) is 0 Å². The van der Waals surface area contributed by atoms with Crippen LogP contribution in [0.2, 0.25) is 0 Å². The van der Waals surface area contributed by atoms with E-state index in [-0.39, 0.29) is 17.8 Å². The molecule has 0 bridgehead atoms. The Labute approximate surface area is 164 Å². The third-order valence-electron chi connectivity index (χ3n) is 5.08. The molecule has 1 saturated carbocycles. The summed E-state index contributed by atoms with van der Waals surface area (Å²) >= 11 is 0. The number of benzene rings is 1. The predicted octanol–water partition coefficient (Wildman–Crippen LogP) is 2.94. The van der Waals surface area contributed by atoms with E-state index in [0.717, 1.165) is 42.5 Å². The number of hydrogen-bond acceptors (Lipinski definition) is 5. The minimum Gasteiger partial charge on any atom is -0.269 e. The highest BCUT2D eigenvalue weighted by molar-refractivity contribution is 7.88. The van der Waals surface area contributed by atoms with Crippen molar-refractivity contribution < 1.29 is 8.42 Å². The monoisotopic (exact) mass is 397 g/mol. The number of sulfonamides is 1. The third kappa shape index (κ3) is 4.63. The van der Waals surface area contributed by atoms with Crippen LogP contribution >= 0.6 is 0 Å². The van der Waals surface area contributed by atoms with Crippen molar-refractivity contribution in [2.45, 2.75) is 43.5 Å². The third-order valence-corrected chi connectivity index (χ3v) is 6.48. The molecule has 2 heterocycles. The van der Waals surface area contributed by atoms with Crippen LogP contribution in [-0.2, 0) is 15.8 Å². The highest BCUT2D eigenvalue weighted by atomic mass is 32.2. The van der Waals surface area contributed by atoms with E-state index in [1.807, 2.05) is 41.2 Å². The second-order valence-electron chi connectivity index (χ2n) is 7.17. The Kier molecular flexibility index (Phi) is 5.50. The van der Waals surface area contributed by atoms with Gasteiger partial charge in [0.1, 0.15) is 0 Å². The molecule has 0 atom stereocenters. The number of nitrogens with one attached hydrogen (secondary N) is 1. The zero-order valence-electron chi connectivity index (χ0n) is 15.5. The van der Waals surface area contributed by atoms with Crippen molar-refractivity contribution >= 4 is 10.0 Å². The topological polar surface area (TPSA) is 89.8 Å². The lowest BCUT2D eigenvalue weighted by atomic mass is 9.92. The summed E-state index contributed by atoms with van der Waals surface area (Å²) in [4.78, 5) is 8.39. The highest BCUT2D eigenvalue weighted by Crippen LogP contribution is 2.29. The van der Waals surface area contributed by atoms with Crippen LogP contribution in [0, 0.1) is 0 Å². The zero-order chi connectivity index (χ0) is 19.4. The summed E-state index contributed by atoms with van der Waals surface area (Å²) in [6, 6.07) is 9.53. The molecule has 0 unspecified atom stereocenters. The van der Waals surface area contributed by atoms with Crippen molar-refractivity contribution in [3.8, 4) is 11.3 Å². The SMILES string of the molecule is O=S(=O)(Cc1ccccc1)NC1CCC(n2cc(-c3cnccn3)cn2)CC1. The van der Waals surface area contributed by atoms with Gasteiger partial charge in [0.2, 0.25) is 10.0 Å². The summed E-state index contributed by atoms with van der Waals surface area (Å²) in [5, 5.41) is 4.48. The molecular formula is C20H23N5O2S. The molecule has 1 aromatic carbocycles. The molecule has 1 fully saturated rings. The first-order valence-electron chi connectivity index (χ1n) is 9.43. The van der Waals surface area contributed by atoms with Crippen molar-refractivity contribution in [1.29, 1.82) is 0 Å². The molecule has 0 aliphatic heterocycles. The predicted molar refractivity (Wildman–Crippen MR) is 107 cm³/mol. The summed E-state index contributed by atoms with van der Waals surface area (Å²) in [7, 11) is -3.34. The Bertz CT molecular complexity index is 997. The standard InChI is InChI=1S/C20H23N5O2S/c26-28(27,15-16-4-2-1-3-5-16)24-18-6-8-19(9-7-18)25-14-17(12-23-25)20-13-21-10-11-22-20/h1-5,10-14,18-19,24H,6-9,15H2. The summed E-state index contributed by atoms with van der Waals surface area (Å²) in [6.45, 7) is 0. The molecule has 1 aliphatic carbocycles. The van der Waals surface area contributed by atoms with Crippen LogP contribution in [0.5, 0.6) is 0 Å². The fourth-order valence-corrected chi connectivity index (χ4v) is 5.12. The van der Waals surface area contributed by atoms with Crippen molar-refractivity contribution in [1.82, 2.24) is 24.5 Å². The Morgan fingerprint density at radius 1 is 1.04 bits per heavy atom. The summed E-state index contributed by atoms with van der Waals surface area (Å²) in [6.07, 6.45) is 12.2. The van der Waals surface area contributed by atoms with E-state index in [1.54, 1.807) is 24.8 Å². The van der Waals surface area contributed by atoms with Gasteiger partial charge in [-0.05, 0) is 31.2 Å². The minimum atomic E-state index is -3.34. The molecule has 0 amide bonds. The van der Waals surface area contributed by atoms with E-state index >= 15 is 0 Å². The van der Waals surface area contributed by atoms with Crippen LogP contribution in [0.3, 0.4) is 0 Å². The average Bonchev–Trinajstić information content (AvgIpc) is 3.19. The van der Waals surface area contributed by atoms with Gasteiger partial charge in [0, 0.05) is 30.2 Å². The van der Waals surface area contributed by atoms with Crippen LogP contribution in [0.1, 0.15) is 37.3 Å². The van der Waals surface area contributed by atoms with E-state index in [9.17, 15) is 8.42 Å². The van der Waals surface area contributed by atoms with Crippen LogP contribution in [-0.4, -0.2) is 34.2 Å². The first kappa shape index (κ1) is 18.8. The molecule has 0 spiro atoms. The number of hydrogen-bond donors (Lipinski definition) is 1. The second kappa shape index (κ2) is 8.20. The van der Waals surface area contributed by atoms with Gasteiger partial charge in [-0.15, -0.1) is 0 Å². The molecule has 0 saturated heterocycles. The van der Waals surface area contributed by atoms with Gasteiger partial charge >= 0.3 is 0 Å². The lowest BCUT2D eigenvalue weighted by Crippen LogP contribution is -2.38. The molecule has 0 radical (unpaired) electrons. The Balaban J connectivity index is 1.33. The van der Waals surface area contributed by atoms with Gasteiger partial charge in [0.25, 0.3) is 0 Å². The van der Waals surface area contributed by atoms with Crippen LogP contribution in [0.15, 0.2) is 61.3 Å². The normalized spacial score (nSPS) is 20.1. The highest BCUT2D eigenvalue weighted by Gasteiger charge is 2.26. The first-order valence-corrected chi connectivity index (χ1v) is 11.1. The molecule has 7 nitrogen and oxygen atoms in total. The molecule has 4 rings (SSSR count). The van der Waals surface area contributed by atoms with E-state index < -0.39 is 10.0 Å². The lowest BCUT2D eigenvalue weighted by molar-refractivity contribution is 0.293. The van der Waals surface area contributed by atoms with Gasteiger partial charge in [-0.25, -0.2) is 13.1 Å². The van der Waals surface area contributed by atoms with Crippen molar-refractivity contribution in [3.05, 3.63) is 66.9 Å². The number of rotatable bonds is 6. The van der Waals surface area contributed by atoms with Crippen molar-refractivity contribution in [2.24, 2.45) is 0 Å². The quantitative estimate of drug-likeness (QED) is 0.691. The van der Waals surface area contributed by atoms with Gasteiger partial charge in [-0.1, -0.05) is 30.3 Å². The number of aromatic nitrogens is 4. The van der Waals surface area contributed by atoms with E-state index in [1.165, 1.54) is 0 Å². The minimum absolute atomic E-state index is 0.0139. The molecule has 1 N–H and O–H groups in total. The fraction of sp³-hybridized carbons (Fsp3) is 0.350. The van der Waals surface area contributed by atoms with Gasteiger partial charge in [0.15, 0.2) is 0 Å². The average molecular weight is 398 g/mol. The summed E-state index contributed by atoms with van der Waals surface area (Å²) < 4.78 is 29.7. The van der Waals surface area contributed by atoms with E-state index in [4.69, 9.17) is 0 Å². The van der Waals surface area contributed by atoms with Gasteiger partial charge < -0.3 is 0 Å². The van der Waals surface area contributed by atoms with Crippen LogP contribution in [0.25, 0.3) is 11.3 Å². The molecule has 8 heteroatoms. The molecule has 1 aliphatic rings. The molecule has 146 valence electrons. The van der Waals surface area contributed by atoms with E-state index in [2.05, 4.69) is 19.8 Å². The maximum absolute atomic E-state index is 12.4. The molecule has 3 aromatic rings. The Hall–Kier alpha value is -2.58. The molecule has 2 aromatic heterocycles. The van der Waals surface area contributed by atoms with Crippen LogP contribution in [0.4, 0.5) is 0 Å². The lowest BCUT2D eigenvalue weighted by Gasteiger charge is -2.29. The van der Waals surface area contributed by atoms with E-state index in [0.29, 0.717) is 0 Å². The smallest absolute Gasteiger partial charge is 0.216 e. The molecule has 28 heavy (non-hydrogen) atoms. The second-order valence-corrected chi connectivity index (χ2v) is 8.92. The Morgan fingerprint density at radius 3 is 2.54 bits per heavy atom. The fourth-order valence-electron chi connectivity index (χ4n) is 3.67. The van der Waals surface area contributed by atoms with Gasteiger partial charge in [-0.2, -0.15) is 5.10 Å². The Morgan fingerprint density at radius 2 is 1.82 bits per heavy atom. The molecular weight excluding hydrogens is 374 g/mol.